The maximum atomic E-state index is 6.39. The first-order valence-electron chi connectivity index (χ1n) is 10.5. The third kappa shape index (κ3) is 2.41. The molecule has 1 fully saturated rings. The van der Waals surface area contributed by atoms with Crippen molar-refractivity contribution in [1.82, 2.24) is 0 Å². The van der Waals surface area contributed by atoms with Crippen molar-refractivity contribution in [2.24, 2.45) is 0 Å². The fourth-order valence-corrected chi connectivity index (χ4v) is 4.48. The van der Waals surface area contributed by atoms with Crippen LogP contribution in [0, 0.1) is 0 Å². The van der Waals surface area contributed by atoms with Crippen molar-refractivity contribution in [3.05, 3.63) is 66.7 Å². The standard InChI is InChI=1S/C26H23BO3/c1-25(2)26(3,4)30-27(29-25)22-11-7-10-19-21-15-20-17(14-23(21)28-24(19)22)13-12-16-8-5-6-9-18(16)20/h5-15H,1-4H3. The van der Waals surface area contributed by atoms with Crippen molar-refractivity contribution >= 4 is 56.1 Å². The third-order valence-electron chi connectivity index (χ3n) is 6.90. The molecule has 148 valence electrons. The maximum absolute atomic E-state index is 6.39. The molecule has 0 aliphatic carbocycles. The average molecular weight is 394 g/mol. The predicted molar refractivity (Wildman–Crippen MR) is 124 cm³/mol. The second-order valence-electron chi connectivity index (χ2n) is 9.27. The summed E-state index contributed by atoms with van der Waals surface area (Å²) in [6, 6.07) is 23.5. The van der Waals surface area contributed by atoms with Crippen molar-refractivity contribution < 1.29 is 13.7 Å². The highest BCUT2D eigenvalue weighted by atomic mass is 16.7. The van der Waals surface area contributed by atoms with Gasteiger partial charge in [-0.25, -0.2) is 0 Å². The maximum Gasteiger partial charge on any atom is 0.498 e. The van der Waals surface area contributed by atoms with Crippen LogP contribution < -0.4 is 5.46 Å². The Bertz CT molecular complexity index is 1450. The Labute approximate surface area is 175 Å². The lowest BCUT2D eigenvalue weighted by molar-refractivity contribution is 0.00578. The first-order chi connectivity index (χ1) is 14.3. The molecule has 0 amide bonds. The van der Waals surface area contributed by atoms with Crippen LogP contribution in [0.15, 0.2) is 71.1 Å². The van der Waals surface area contributed by atoms with Gasteiger partial charge in [0.25, 0.3) is 0 Å². The Morgan fingerprint density at radius 2 is 1.33 bits per heavy atom. The molecule has 0 N–H and O–H groups in total. The number of hydrogen-bond acceptors (Lipinski definition) is 3. The SMILES string of the molecule is CC1(C)OB(c2cccc3c2oc2cc4ccc5ccccc5c4cc23)OC1(C)C. The van der Waals surface area contributed by atoms with E-state index in [2.05, 4.69) is 88.4 Å². The minimum absolute atomic E-state index is 0.389. The second-order valence-corrected chi connectivity index (χ2v) is 9.27. The first kappa shape index (κ1) is 18.0. The van der Waals surface area contributed by atoms with Crippen LogP contribution in [0.2, 0.25) is 0 Å². The van der Waals surface area contributed by atoms with E-state index in [0.29, 0.717) is 0 Å². The summed E-state index contributed by atoms with van der Waals surface area (Å²) >= 11 is 0. The molecule has 1 aromatic heterocycles. The number of benzene rings is 4. The van der Waals surface area contributed by atoms with Crippen LogP contribution in [0.25, 0.3) is 43.5 Å². The van der Waals surface area contributed by atoms with E-state index in [1.807, 2.05) is 6.07 Å². The largest absolute Gasteiger partial charge is 0.498 e. The van der Waals surface area contributed by atoms with E-state index in [1.54, 1.807) is 0 Å². The highest BCUT2D eigenvalue weighted by molar-refractivity contribution is 6.65. The molecule has 0 unspecified atom stereocenters. The van der Waals surface area contributed by atoms with Crippen molar-refractivity contribution in [2.75, 3.05) is 0 Å². The van der Waals surface area contributed by atoms with E-state index >= 15 is 0 Å². The molecule has 4 aromatic carbocycles. The Morgan fingerprint density at radius 1 is 0.633 bits per heavy atom. The summed E-state index contributed by atoms with van der Waals surface area (Å²) in [5, 5.41) is 7.13. The quantitative estimate of drug-likeness (QED) is 0.251. The van der Waals surface area contributed by atoms with Gasteiger partial charge in [0.1, 0.15) is 11.2 Å². The zero-order valence-electron chi connectivity index (χ0n) is 17.7. The lowest BCUT2D eigenvalue weighted by atomic mass is 9.78. The molecule has 0 spiro atoms. The summed E-state index contributed by atoms with van der Waals surface area (Å²) in [6.07, 6.45) is 0. The summed E-state index contributed by atoms with van der Waals surface area (Å²) < 4.78 is 19.0. The summed E-state index contributed by atoms with van der Waals surface area (Å²) in [4.78, 5) is 0. The lowest BCUT2D eigenvalue weighted by Gasteiger charge is -2.32. The zero-order chi connectivity index (χ0) is 20.7. The second kappa shape index (κ2) is 5.87. The third-order valence-corrected chi connectivity index (χ3v) is 6.90. The van der Waals surface area contributed by atoms with E-state index in [-0.39, 0.29) is 11.2 Å². The number of para-hydroxylation sites is 1. The van der Waals surface area contributed by atoms with Gasteiger partial charge in [0.2, 0.25) is 0 Å². The van der Waals surface area contributed by atoms with Crippen LogP contribution in [0.3, 0.4) is 0 Å². The molecule has 0 atom stereocenters. The highest BCUT2D eigenvalue weighted by Crippen LogP contribution is 2.39. The Balaban J connectivity index is 1.61. The molecule has 6 rings (SSSR count). The predicted octanol–water partition coefficient (Wildman–Crippen LogP) is 6.19. The molecule has 0 bridgehead atoms. The molecule has 30 heavy (non-hydrogen) atoms. The smallest absolute Gasteiger partial charge is 0.456 e. The molecule has 0 radical (unpaired) electrons. The summed E-state index contributed by atoms with van der Waals surface area (Å²) in [6.45, 7) is 8.29. The van der Waals surface area contributed by atoms with Crippen molar-refractivity contribution in [2.45, 2.75) is 38.9 Å². The van der Waals surface area contributed by atoms with Crippen LogP contribution >= 0.6 is 0 Å². The summed E-state index contributed by atoms with van der Waals surface area (Å²) in [7, 11) is -0.450. The average Bonchev–Trinajstić information content (AvgIpc) is 3.19. The normalized spacial score (nSPS) is 18.2. The molecular formula is C26H23BO3. The summed E-state index contributed by atoms with van der Waals surface area (Å²) in [5.41, 5.74) is 1.89. The molecule has 3 nitrogen and oxygen atoms in total. The van der Waals surface area contributed by atoms with E-state index < -0.39 is 7.12 Å². The number of furan rings is 1. The molecule has 5 aromatic rings. The van der Waals surface area contributed by atoms with Crippen LogP contribution in [0.4, 0.5) is 0 Å². The van der Waals surface area contributed by atoms with Gasteiger partial charge in [-0.3, -0.25) is 0 Å². The highest BCUT2D eigenvalue weighted by Gasteiger charge is 2.52. The van der Waals surface area contributed by atoms with E-state index in [9.17, 15) is 0 Å². The van der Waals surface area contributed by atoms with Crippen LogP contribution in [-0.4, -0.2) is 18.3 Å². The van der Waals surface area contributed by atoms with Crippen molar-refractivity contribution in [1.29, 1.82) is 0 Å². The van der Waals surface area contributed by atoms with Gasteiger partial charge < -0.3 is 13.7 Å². The van der Waals surface area contributed by atoms with Gasteiger partial charge in [-0.1, -0.05) is 54.6 Å². The van der Waals surface area contributed by atoms with Crippen LogP contribution in [-0.2, 0) is 9.31 Å². The van der Waals surface area contributed by atoms with Gasteiger partial charge >= 0.3 is 7.12 Å². The molecule has 4 heteroatoms. The number of fused-ring (bicyclic) bond motifs is 6. The van der Waals surface area contributed by atoms with Gasteiger partial charge in [-0.2, -0.15) is 0 Å². The van der Waals surface area contributed by atoms with Gasteiger partial charge in [-0.15, -0.1) is 0 Å². The minimum atomic E-state index is -0.450. The van der Waals surface area contributed by atoms with Gasteiger partial charge in [0.15, 0.2) is 0 Å². The molecule has 1 saturated heterocycles. The van der Waals surface area contributed by atoms with Crippen LogP contribution in [0.5, 0.6) is 0 Å². The van der Waals surface area contributed by atoms with E-state index in [0.717, 1.165) is 27.4 Å². The topological polar surface area (TPSA) is 31.6 Å². The van der Waals surface area contributed by atoms with Gasteiger partial charge in [-0.05, 0) is 61.4 Å². The monoisotopic (exact) mass is 394 g/mol. The lowest BCUT2D eigenvalue weighted by Crippen LogP contribution is -2.41. The first-order valence-corrected chi connectivity index (χ1v) is 10.5. The Hall–Kier alpha value is -2.82. The molecule has 0 saturated carbocycles. The van der Waals surface area contributed by atoms with E-state index in [4.69, 9.17) is 13.7 Å². The van der Waals surface area contributed by atoms with Crippen molar-refractivity contribution in [3.8, 4) is 0 Å². The molecule has 2 heterocycles. The number of rotatable bonds is 1. The number of hydrogen-bond donors (Lipinski definition) is 0. The minimum Gasteiger partial charge on any atom is -0.456 e. The van der Waals surface area contributed by atoms with Gasteiger partial charge in [0, 0.05) is 16.2 Å². The molecular weight excluding hydrogens is 371 g/mol. The Morgan fingerprint density at radius 3 is 2.13 bits per heavy atom. The van der Waals surface area contributed by atoms with E-state index in [1.165, 1.54) is 21.5 Å². The Kier molecular flexibility index (Phi) is 3.52. The molecule has 1 aliphatic rings. The van der Waals surface area contributed by atoms with Crippen LogP contribution in [0.1, 0.15) is 27.7 Å². The summed E-state index contributed by atoms with van der Waals surface area (Å²) in [5.74, 6) is 0. The molecule has 1 aliphatic heterocycles. The van der Waals surface area contributed by atoms with Gasteiger partial charge in [0.05, 0.1) is 11.2 Å². The fourth-order valence-electron chi connectivity index (χ4n) is 4.48. The fraction of sp³-hybridized carbons (Fsp3) is 0.231. The zero-order valence-corrected chi connectivity index (χ0v) is 17.7. The van der Waals surface area contributed by atoms with Crippen molar-refractivity contribution in [3.63, 3.8) is 0 Å².